The Hall–Kier alpha value is -1.76. The Bertz CT molecular complexity index is 541. The van der Waals surface area contributed by atoms with E-state index in [2.05, 4.69) is 32.0 Å². The average Bonchev–Trinajstić information content (AvgIpc) is 2.28. The van der Waals surface area contributed by atoms with E-state index >= 15 is 0 Å². The molecule has 0 aromatic heterocycles. The second-order valence-corrected chi connectivity index (χ2v) is 4.69. The maximum Gasteiger partial charge on any atom is 0.122 e. The largest absolute Gasteiger partial charge is 0.507 e. The Labute approximate surface area is 103 Å². The lowest BCUT2D eigenvalue weighted by Crippen LogP contribution is -1.94. The Morgan fingerprint density at radius 3 is 2.29 bits per heavy atom. The molecule has 0 spiro atoms. The highest BCUT2D eigenvalue weighted by atomic mass is 16.3. The van der Waals surface area contributed by atoms with Gasteiger partial charge in [0.1, 0.15) is 5.75 Å². The molecule has 0 aliphatic rings. The first-order chi connectivity index (χ1) is 8.08. The third kappa shape index (κ3) is 2.50. The van der Waals surface area contributed by atoms with Crippen LogP contribution in [0.1, 0.15) is 27.8 Å². The molecule has 1 N–H and O–H groups in total. The Morgan fingerprint density at radius 2 is 1.59 bits per heavy atom. The van der Waals surface area contributed by atoms with Crippen LogP contribution < -0.4 is 0 Å². The van der Waals surface area contributed by atoms with Gasteiger partial charge >= 0.3 is 0 Å². The van der Waals surface area contributed by atoms with Gasteiger partial charge in [0.05, 0.1) is 0 Å². The molecule has 0 saturated heterocycles. The third-order valence-corrected chi connectivity index (χ3v) is 3.17. The Morgan fingerprint density at radius 1 is 0.882 bits per heavy atom. The molecule has 0 saturated carbocycles. The molecular weight excluding hydrogens is 208 g/mol. The SMILES string of the molecule is Cc1cc(C)c(O)c(Cc2ccccc2C)c1. The summed E-state index contributed by atoms with van der Waals surface area (Å²) in [6, 6.07) is 12.4. The van der Waals surface area contributed by atoms with Gasteiger partial charge in [-0.15, -0.1) is 0 Å². The van der Waals surface area contributed by atoms with E-state index in [4.69, 9.17) is 0 Å². The van der Waals surface area contributed by atoms with Gasteiger partial charge in [0.15, 0.2) is 0 Å². The van der Waals surface area contributed by atoms with Crippen molar-refractivity contribution in [1.29, 1.82) is 0 Å². The van der Waals surface area contributed by atoms with Crippen LogP contribution in [0.25, 0.3) is 0 Å². The van der Waals surface area contributed by atoms with Crippen molar-refractivity contribution < 1.29 is 5.11 Å². The number of aryl methyl sites for hydroxylation is 3. The summed E-state index contributed by atoms with van der Waals surface area (Å²) < 4.78 is 0. The van der Waals surface area contributed by atoms with Crippen LogP contribution in [0.15, 0.2) is 36.4 Å². The zero-order valence-electron chi connectivity index (χ0n) is 10.6. The average molecular weight is 226 g/mol. The fraction of sp³-hybridized carbons (Fsp3) is 0.250. The van der Waals surface area contributed by atoms with Crippen molar-refractivity contribution in [2.45, 2.75) is 27.2 Å². The van der Waals surface area contributed by atoms with Crippen molar-refractivity contribution in [1.82, 2.24) is 0 Å². The van der Waals surface area contributed by atoms with E-state index in [0.717, 1.165) is 17.5 Å². The maximum atomic E-state index is 10.1. The number of phenols is 1. The van der Waals surface area contributed by atoms with Crippen molar-refractivity contribution in [3.8, 4) is 5.75 Å². The molecule has 17 heavy (non-hydrogen) atoms. The molecule has 0 aliphatic heterocycles. The minimum Gasteiger partial charge on any atom is -0.507 e. The summed E-state index contributed by atoms with van der Waals surface area (Å²) in [5.41, 5.74) is 5.70. The molecule has 88 valence electrons. The van der Waals surface area contributed by atoms with E-state index in [-0.39, 0.29) is 0 Å². The van der Waals surface area contributed by atoms with Gasteiger partial charge in [-0.3, -0.25) is 0 Å². The molecule has 0 radical (unpaired) electrons. The van der Waals surface area contributed by atoms with E-state index in [1.807, 2.05) is 25.1 Å². The van der Waals surface area contributed by atoms with Crippen molar-refractivity contribution in [2.75, 3.05) is 0 Å². The molecule has 1 nitrogen and oxygen atoms in total. The Kier molecular flexibility index (Phi) is 3.19. The number of phenolic OH excluding ortho intramolecular Hbond substituents is 1. The molecule has 2 aromatic carbocycles. The second-order valence-electron chi connectivity index (χ2n) is 4.69. The molecular formula is C16H18O. The smallest absolute Gasteiger partial charge is 0.122 e. The third-order valence-electron chi connectivity index (χ3n) is 3.17. The van der Waals surface area contributed by atoms with Crippen LogP contribution >= 0.6 is 0 Å². The topological polar surface area (TPSA) is 20.2 Å². The first kappa shape index (κ1) is 11.7. The molecule has 0 heterocycles. The number of hydrogen-bond donors (Lipinski definition) is 1. The minimum absolute atomic E-state index is 0.429. The monoisotopic (exact) mass is 226 g/mol. The molecule has 0 unspecified atom stereocenters. The quantitative estimate of drug-likeness (QED) is 0.823. The van der Waals surface area contributed by atoms with E-state index < -0.39 is 0 Å². The molecule has 1 heteroatoms. The molecule has 0 atom stereocenters. The predicted molar refractivity (Wildman–Crippen MR) is 71.6 cm³/mol. The fourth-order valence-corrected chi connectivity index (χ4v) is 2.20. The van der Waals surface area contributed by atoms with Crippen LogP contribution in [0.2, 0.25) is 0 Å². The maximum absolute atomic E-state index is 10.1. The first-order valence-corrected chi connectivity index (χ1v) is 5.91. The molecule has 0 aliphatic carbocycles. The van der Waals surface area contributed by atoms with Crippen LogP contribution in [0.3, 0.4) is 0 Å². The fourth-order valence-electron chi connectivity index (χ4n) is 2.20. The van der Waals surface area contributed by atoms with Crippen molar-refractivity contribution in [3.05, 3.63) is 64.2 Å². The zero-order chi connectivity index (χ0) is 12.4. The van der Waals surface area contributed by atoms with E-state index in [1.54, 1.807) is 0 Å². The summed E-state index contributed by atoms with van der Waals surface area (Å²) in [5.74, 6) is 0.429. The van der Waals surface area contributed by atoms with E-state index in [0.29, 0.717) is 5.75 Å². The van der Waals surface area contributed by atoms with Gasteiger partial charge < -0.3 is 5.11 Å². The van der Waals surface area contributed by atoms with Crippen LogP contribution in [-0.2, 0) is 6.42 Å². The number of rotatable bonds is 2. The van der Waals surface area contributed by atoms with Gasteiger partial charge in [0.2, 0.25) is 0 Å². The van der Waals surface area contributed by atoms with Gasteiger partial charge in [0.25, 0.3) is 0 Å². The van der Waals surface area contributed by atoms with Gasteiger partial charge in [-0.05, 0) is 43.0 Å². The van der Waals surface area contributed by atoms with E-state index in [9.17, 15) is 5.11 Å². The minimum atomic E-state index is 0.429. The lowest BCUT2D eigenvalue weighted by Gasteiger charge is -2.10. The highest BCUT2D eigenvalue weighted by Crippen LogP contribution is 2.26. The standard InChI is InChI=1S/C16H18O/c1-11-8-13(3)16(17)15(9-11)10-14-7-5-4-6-12(14)2/h4-9,17H,10H2,1-3H3. The summed E-state index contributed by atoms with van der Waals surface area (Å²) in [6.07, 6.45) is 0.793. The van der Waals surface area contributed by atoms with Gasteiger partial charge in [-0.2, -0.15) is 0 Å². The molecule has 0 bridgehead atoms. The van der Waals surface area contributed by atoms with Gasteiger partial charge in [0, 0.05) is 6.42 Å². The molecule has 0 fully saturated rings. The Balaban J connectivity index is 2.40. The highest BCUT2D eigenvalue weighted by molar-refractivity contribution is 5.45. The predicted octanol–water partition coefficient (Wildman–Crippen LogP) is 3.91. The van der Waals surface area contributed by atoms with Gasteiger partial charge in [-0.25, -0.2) is 0 Å². The summed E-state index contributed by atoms with van der Waals surface area (Å²) in [7, 11) is 0. The van der Waals surface area contributed by atoms with E-state index in [1.165, 1.54) is 16.7 Å². The highest BCUT2D eigenvalue weighted by Gasteiger charge is 2.07. The second kappa shape index (κ2) is 4.62. The normalized spacial score (nSPS) is 10.5. The van der Waals surface area contributed by atoms with Crippen LogP contribution in [0.5, 0.6) is 5.75 Å². The van der Waals surface area contributed by atoms with Crippen LogP contribution in [0, 0.1) is 20.8 Å². The summed E-state index contributed by atoms with van der Waals surface area (Å²) in [6.45, 7) is 6.12. The first-order valence-electron chi connectivity index (χ1n) is 5.91. The summed E-state index contributed by atoms with van der Waals surface area (Å²) in [5, 5.41) is 10.1. The molecule has 0 amide bonds. The van der Waals surface area contributed by atoms with Crippen molar-refractivity contribution in [2.24, 2.45) is 0 Å². The van der Waals surface area contributed by atoms with Gasteiger partial charge in [-0.1, -0.05) is 42.0 Å². The summed E-state index contributed by atoms with van der Waals surface area (Å²) >= 11 is 0. The van der Waals surface area contributed by atoms with Crippen LogP contribution in [-0.4, -0.2) is 5.11 Å². The lowest BCUT2D eigenvalue weighted by molar-refractivity contribution is 0.465. The summed E-state index contributed by atoms with van der Waals surface area (Å²) in [4.78, 5) is 0. The van der Waals surface area contributed by atoms with Crippen molar-refractivity contribution >= 4 is 0 Å². The lowest BCUT2D eigenvalue weighted by atomic mass is 9.97. The number of aromatic hydroxyl groups is 1. The molecule has 2 aromatic rings. The van der Waals surface area contributed by atoms with Crippen molar-refractivity contribution in [3.63, 3.8) is 0 Å². The number of hydrogen-bond acceptors (Lipinski definition) is 1. The molecule has 2 rings (SSSR count). The number of benzene rings is 2. The van der Waals surface area contributed by atoms with Crippen LogP contribution in [0.4, 0.5) is 0 Å². The zero-order valence-corrected chi connectivity index (χ0v) is 10.6.